The maximum absolute atomic E-state index is 11.6. The van der Waals surface area contributed by atoms with E-state index in [0.29, 0.717) is 11.6 Å². The van der Waals surface area contributed by atoms with E-state index in [9.17, 15) is 4.79 Å². The molecule has 0 spiro atoms. The number of nitrogens with zero attached hydrogens (tertiary/aromatic N) is 1. The number of piperazine rings is 1. The van der Waals surface area contributed by atoms with Gasteiger partial charge in [-0.25, -0.2) is 0 Å². The Morgan fingerprint density at radius 2 is 1.94 bits per heavy atom. The summed E-state index contributed by atoms with van der Waals surface area (Å²) in [5, 5.41) is 3.96. The number of rotatable bonds is 4. The molecule has 1 aromatic carbocycles. The zero-order chi connectivity index (χ0) is 13.0. The summed E-state index contributed by atoms with van der Waals surface area (Å²) >= 11 is 5.85. The van der Waals surface area contributed by atoms with Crippen LogP contribution in [0.25, 0.3) is 0 Å². The van der Waals surface area contributed by atoms with Gasteiger partial charge >= 0.3 is 0 Å². The van der Waals surface area contributed by atoms with Crippen LogP contribution in [-0.4, -0.2) is 43.5 Å². The molecule has 4 nitrogen and oxygen atoms in total. The van der Waals surface area contributed by atoms with Gasteiger partial charge in [-0.3, -0.25) is 9.69 Å². The van der Waals surface area contributed by atoms with Gasteiger partial charge in [0, 0.05) is 37.7 Å². The molecule has 2 rings (SSSR count). The first-order valence-electron chi connectivity index (χ1n) is 6.14. The van der Waals surface area contributed by atoms with E-state index in [4.69, 9.17) is 17.3 Å². The van der Waals surface area contributed by atoms with Gasteiger partial charge in [0.2, 0.25) is 5.91 Å². The standard InChI is InChI=1S/C13H18ClN3O/c14-11-3-1-10(2-4-11)12(13(15)18)9-17-7-5-16-6-8-17/h1-4,12,16H,5-9H2,(H2,15,18)/t12-/m1/s1. The Morgan fingerprint density at radius 1 is 1.33 bits per heavy atom. The number of amides is 1. The summed E-state index contributed by atoms with van der Waals surface area (Å²) in [7, 11) is 0. The van der Waals surface area contributed by atoms with Crippen LogP contribution < -0.4 is 11.1 Å². The van der Waals surface area contributed by atoms with Crippen molar-refractivity contribution >= 4 is 17.5 Å². The van der Waals surface area contributed by atoms with E-state index in [0.717, 1.165) is 31.7 Å². The lowest BCUT2D eigenvalue weighted by atomic mass is 9.97. The third kappa shape index (κ3) is 3.45. The molecule has 1 heterocycles. The zero-order valence-electron chi connectivity index (χ0n) is 10.2. The summed E-state index contributed by atoms with van der Waals surface area (Å²) in [6.07, 6.45) is 0. The second-order valence-electron chi connectivity index (χ2n) is 4.56. The normalized spacial score (nSPS) is 18.5. The van der Waals surface area contributed by atoms with Crippen LogP contribution in [0.4, 0.5) is 0 Å². The fourth-order valence-electron chi connectivity index (χ4n) is 2.21. The molecule has 1 aromatic rings. The van der Waals surface area contributed by atoms with E-state index in [-0.39, 0.29) is 11.8 Å². The van der Waals surface area contributed by atoms with Crippen LogP contribution in [-0.2, 0) is 4.79 Å². The Morgan fingerprint density at radius 3 is 2.50 bits per heavy atom. The predicted molar refractivity (Wildman–Crippen MR) is 72.7 cm³/mol. The van der Waals surface area contributed by atoms with Gasteiger partial charge in [-0.15, -0.1) is 0 Å². The van der Waals surface area contributed by atoms with Gasteiger partial charge < -0.3 is 11.1 Å². The molecular weight excluding hydrogens is 250 g/mol. The largest absolute Gasteiger partial charge is 0.369 e. The van der Waals surface area contributed by atoms with Crippen LogP contribution in [0, 0.1) is 0 Å². The highest BCUT2D eigenvalue weighted by Gasteiger charge is 2.22. The number of hydrogen-bond donors (Lipinski definition) is 2. The minimum absolute atomic E-state index is 0.264. The quantitative estimate of drug-likeness (QED) is 0.849. The summed E-state index contributed by atoms with van der Waals surface area (Å²) in [6, 6.07) is 7.34. The van der Waals surface area contributed by atoms with Crippen molar-refractivity contribution in [3.05, 3.63) is 34.9 Å². The smallest absolute Gasteiger partial charge is 0.226 e. The first-order valence-corrected chi connectivity index (χ1v) is 6.52. The number of primary amides is 1. The van der Waals surface area contributed by atoms with Gasteiger partial charge in [-0.2, -0.15) is 0 Å². The molecule has 0 unspecified atom stereocenters. The average Bonchev–Trinajstić information content (AvgIpc) is 2.38. The Labute approximate surface area is 112 Å². The molecule has 0 aromatic heterocycles. The van der Waals surface area contributed by atoms with E-state index >= 15 is 0 Å². The lowest BCUT2D eigenvalue weighted by Gasteiger charge is -2.30. The van der Waals surface area contributed by atoms with Crippen LogP contribution in [0.1, 0.15) is 11.5 Å². The van der Waals surface area contributed by atoms with E-state index < -0.39 is 0 Å². The first-order chi connectivity index (χ1) is 8.66. The van der Waals surface area contributed by atoms with Crippen molar-refractivity contribution in [2.45, 2.75) is 5.92 Å². The summed E-state index contributed by atoms with van der Waals surface area (Å²) in [5.74, 6) is -0.545. The highest BCUT2D eigenvalue weighted by Crippen LogP contribution is 2.19. The molecule has 1 aliphatic rings. The fourth-order valence-corrected chi connectivity index (χ4v) is 2.33. The number of nitrogens with one attached hydrogen (secondary N) is 1. The molecule has 1 fully saturated rings. The van der Waals surface area contributed by atoms with Crippen LogP contribution in [0.5, 0.6) is 0 Å². The third-order valence-electron chi connectivity index (χ3n) is 3.27. The predicted octanol–water partition coefficient (Wildman–Crippen LogP) is 0.814. The molecule has 0 saturated carbocycles. The highest BCUT2D eigenvalue weighted by atomic mass is 35.5. The van der Waals surface area contributed by atoms with Gasteiger partial charge in [0.05, 0.1) is 5.92 Å². The SMILES string of the molecule is NC(=O)[C@H](CN1CCNCC1)c1ccc(Cl)cc1. The summed E-state index contributed by atoms with van der Waals surface area (Å²) in [5.41, 5.74) is 6.45. The second kappa shape index (κ2) is 6.18. The molecule has 0 radical (unpaired) electrons. The van der Waals surface area contributed by atoms with Crippen molar-refractivity contribution < 1.29 is 4.79 Å². The summed E-state index contributed by atoms with van der Waals surface area (Å²) in [6.45, 7) is 4.52. The monoisotopic (exact) mass is 267 g/mol. The molecule has 1 saturated heterocycles. The third-order valence-corrected chi connectivity index (χ3v) is 3.52. The van der Waals surface area contributed by atoms with Crippen LogP contribution in [0.2, 0.25) is 5.02 Å². The lowest BCUT2D eigenvalue weighted by Crippen LogP contribution is -2.46. The van der Waals surface area contributed by atoms with Crippen LogP contribution >= 0.6 is 11.6 Å². The highest BCUT2D eigenvalue weighted by molar-refractivity contribution is 6.30. The maximum Gasteiger partial charge on any atom is 0.226 e. The number of hydrogen-bond acceptors (Lipinski definition) is 3. The summed E-state index contributed by atoms with van der Waals surface area (Å²) in [4.78, 5) is 13.9. The average molecular weight is 268 g/mol. The second-order valence-corrected chi connectivity index (χ2v) is 4.99. The molecule has 98 valence electrons. The number of carbonyl (C=O) groups is 1. The van der Waals surface area contributed by atoms with E-state index in [1.807, 2.05) is 12.1 Å². The van der Waals surface area contributed by atoms with E-state index in [2.05, 4.69) is 10.2 Å². The maximum atomic E-state index is 11.6. The van der Waals surface area contributed by atoms with Crippen molar-refractivity contribution in [2.24, 2.45) is 5.73 Å². The fraction of sp³-hybridized carbons (Fsp3) is 0.462. The Bertz CT molecular complexity index is 401. The van der Waals surface area contributed by atoms with Crippen molar-refractivity contribution in [1.29, 1.82) is 0 Å². The van der Waals surface area contributed by atoms with Crippen molar-refractivity contribution in [3.63, 3.8) is 0 Å². The van der Waals surface area contributed by atoms with Crippen LogP contribution in [0.3, 0.4) is 0 Å². The van der Waals surface area contributed by atoms with E-state index in [1.165, 1.54) is 0 Å². The first kappa shape index (κ1) is 13.3. The minimum Gasteiger partial charge on any atom is -0.369 e. The summed E-state index contributed by atoms with van der Waals surface area (Å²) < 4.78 is 0. The number of nitrogens with two attached hydrogens (primary N) is 1. The van der Waals surface area contributed by atoms with Crippen molar-refractivity contribution in [2.75, 3.05) is 32.7 Å². The number of benzene rings is 1. The number of carbonyl (C=O) groups excluding carboxylic acids is 1. The Kier molecular flexibility index (Phi) is 4.58. The minimum atomic E-state index is -0.282. The van der Waals surface area contributed by atoms with Gasteiger partial charge in [0.1, 0.15) is 0 Å². The molecule has 0 aliphatic carbocycles. The van der Waals surface area contributed by atoms with Gasteiger partial charge in [-0.1, -0.05) is 23.7 Å². The Hall–Kier alpha value is -1.10. The molecular formula is C13H18ClN3O. The van der Waals surface area contributed by atoms with Crippen LogP contribution in [0.15, 0.2) is 24.3 Å². The molecule has 0 bridgehead atoms. The molecule has 18 heavy (non-hydrogen) atoms. The van der Waals surface area contributed by atoms with Crippen molar-refractivity contribution in [1.82, 2.24) is 10.2 Å². The zero-order valence-corrected chi connectivity index (χ0v) is 11.0. The molecule has 1 aliphatic heterocycles. The Balaban J connectivity index is 2.07. The molecule has 1 amide bonds. The van der Waals surface area contributed by atoms with Crippen molar-refractivity contribution in [3.8, 4) is 0 Å². The van der Waals surface area contributed by atoms with Gasteiger partial charge in [0.25, 0.3) is 0 Å². The molecule has 3 N–H and O–H groups in total. The van der Waals surface area contributed by atoms with Gasteiger partial charge in [-0.05, 0) is 17.7 Å². The molecule has 5 heteroatoms. The number of halogens is 1. The lowest BCUT2D eigenvalue weighted by molar-refractivity contribution is -0.119. The van der Waals surface area contributed by atoms with E-state index in [1.54, 1.807) is 12.1 Å². The topological polar surface area (TPSA) is 58.4 Å². The molecule has 1 atom stereocenters. The van der Waals surface area contributed by atoms with Gasteiger partial charge in [0.15, 0.2) is 0 Å².